The number of H-pyrrole nitrogens is 1. The SMILES string of the molecule is O=S(=O)(Oc1nc(N2CCCCC2)ncc1Cc1ccccc1)C(F)(F)F.O=c1[nH]c(N2CCCCC2)ncc1Cc1ccccc1. The first kappa shape index (κ1) is 33.9. The van der Waals surface area contributed by atoms with Crippen LogP contribution in [0.2, 0.25) is 0 Å². The molecule has 250 valence electrons. The van der Waals surface area contributed by atoms with Crippen molar-refractivity contribution in [3.8, 4) is 5.88 Å². The van der Waals surface area contributed by atoms with Crippen LogP contribution < -0.4 is 19.5 Å². The summed E-state index contributed by atoms with van der Waals surface area (Å²) in [5.74, 6) is 0.289. The van der Waals surface area contributed by atoms with Crippen LogP contribution in [-0.4, -0.2) is 60.0 Å². The third-order valence-corrected chi connectivity index (χ3v) is 8.86. The van der Waals surface area contributed by atoms with Crippen molar-refractivity contribution >= 4 is 22.0 Å². The summed E-state index contributed by atoms with van der Waals surface area (Å²) >= 11 is 0. The highest BCUT2D eigenvalue weighted by Crippen LogP contribution is 2.30. The Morgan fingerprint density at radius 1 is 0.723 bits per heavy atom. The number of alkyl halides is 3. The maximum absolute atomic E-state index is 12.8. The van der Waals surface area contributed by atoms with Gasteiger partial charge in [0.25, 0.3) is 5.56 Å². The first-order chi connectivity index (χ1) is 22.6. The summed E-state index contributed by atoms with van der Waals surface area (Å²) in [6.07, 6.45) is 10.3. The second-order valence-electron chi connectivity index (χ2n) is 11.5. The lowest BCUT2D eigenvalue weighted by Gasteiger charge is -2.27. The molecule has 0 amide bonds. The van der Waals surface area contributed by atoms with E-state index in [1.165, 1.54) is 25.5 Å². The van der Waals surface area contributed by atoms with Crippen LogP contribution in [0.15, 0.2) is 77.9 Å². The Morgan fingerprint density at radius 3 is 1.77 bits per heavy atom. The van der Waals surface area contributed by atoms with Gasteiger partial charge in [-0.25, -0.2) is 9.97 Å². The molecule has 0 aliphatic carbocycles. The normalized spacial score (nSPS) is 15.5. The standard InChI is InChI=1S/C17H18F3N3O3S.C16H19N3O/c18-17(19,20)27(24,25)26-15-14(11-13-7-3-1-4-8-13)12-21-16(22-15)23-9-5-2-6-10-23;20-15-14(11-13-7-3-1-4-8-13)12-17-16(18-15)19-9-5-2-6-10-19/h1,3-4,7-8,12H,2,5-6,9-11H2;1,3-4,7-8,12H,2,5-6,9-11H2,(H,17,18,20). The van der Waals surface area contributed by atoms with Gasteiger partial charge in [-0.1, -0.05) is 60.7 Å². The molecule has 2 aromatic carbocycles. The molecular weight excluding hydrogens is 633 g/mol. The van der Waals surface area contributed by atoms with Crippen LogP contribution in [0.25, 0.3) is 0 Å². The van der Waals surface area contributed by atoms with Crippen LogP contribution in [0.5, 0.6) is 5.88 Å². The Labute approximate surface area is 271 Å². The minimum absolute atomic E-state index is 0.0237. The predicted octanol–water partition coefficient (Wildman–Crippen LogP) is 5.64. The molecule has 0 radical (unpaired) electrons. The summed E-state index contributed by atoms with van der Waals surface area (Å²) in [4.78, 5) is 31.7. The number of nitrogens with one attached hydrogen (secondary N) is 1. The van der Waals surface area contributed by atoms with E-state index in [2.05, 4.69) is 29.0 Å². The number of rotatable bonds is 8. The molecule has 2 aliphatic rings. The van der Waals surface area contributed by atoms with Crippen molar-refractivity contribution in [2.24, 2.45) is 0 Å². The van der Waals surface area contributed by atoms with Gasteiger partial charge in [-0.3, -0.25) is 9.78 Å². The molecule has 2 aromatic heterocycles. The van der Waals surface area contributed by atoms with Crippen LogP contribution in [0.4, 0.5) is 25.1 Å². The van der Waals surface area contributed by atoms with Crippen LogP contribution in [0, 0.1) is 0 Å². The van der Waals surface area contributed by atoms with Crippen molar-refractivity contribution in [2.75, 3.05) is 36.0 Å². The van der Waals surface area contributed by atoms with Crippen LogP contribution in [-0.2, 0) is 23.0 Å². The van der Waals surface area contributed by atoms with E-state index < -0.39 is 21.5 Å². The Bertz CT molecular complexity index is 1760. The number of aromatic amines is 1. The molecule has 2 saturated heterocycles. The van der Waals surface area contributed by atoms with E-state index in [9.17, 15) is 26.4 Å². The van der Waals surface area contributed by atoms with Gasteiger partial charge in [0.2, 0.25) is 17.8 Å². The van der Waals surface area contributed by atoms with Crippen molar-refractivity contribution in [1.82, 2.24) is 19.9 Å². The average molecular weight is 671 g/mol. The zero-order valence-electron chi connectivity index (χ0n) is 25.8. The topological polar surface area (TPSA) is 121 Å². The minimum atomic E-state index is -5.82. The Morgan fingerprint density at radius 2 is 1.23 bits per heavy atom. The summed E-state index contributed by atoms with van der Waals surface area (Å²) in [5.41, 5.74) is -2.78. The van der Waals surface area contributed by atoms with Crippen molar-refractivity contribution in [2.45, 2.75) is 56.9 Å². The third kappa shape index (κ3) is 9.31. The second-order valence-corrected chi connectivity index (χ2v) is 13.0. The lowest BCUT2D eigenvalue weighted by Crippen LogP contribution is -2.32. The van der Waals surface area contributed by atoms with Gasteiger partial charge in [0.05, 0.1) is 0 Å². The van der Waals surface area contributed by atoms with Gasteiger partial charge in [-0.05, 0) is 49.7 Å². The van der Waals surface area contributed by atoms with Crippen LogP contribution in [0.3, 0.4) is 0 Å². The summed E-state index contributed by atoms with van der Waals surface area (Å²) in [6.45, 7) is 3.29. The Kier molecular flexibility index (Phi) is 11.1. The number of hydrogen-bond acceptors (Lipinski definition) is 9. The fraction of sp³-hybridized carbons (Fsp3) is 0.394. The molecule has 14 heteroatoms. The lowest BCUT2D eigenvalue weighted by molar-refractivity contribution is -0.0501. The van der Waals surface area contributed by atoms with E-state index in [-0.39, 0.29) is 23.5 Å². The maximum atomic E-state index is 12.8. The van der Waals surface area contributed by atoms with Gasteiger partial charge < -0.3 is 14.0 Å². The molecule has 0 bridgehead atoms. The molecule has 0 atom stereocenters. The van der Waals surface area contributed by atoms with E-state index in [1.54, 1.807) is 36.5 Å². The van der Waals surface area contributed by atoms with E-state index in [1.807, 2.05) is 35.2 Å². The van der Waals surface area contributed by atoms with E-state index in [0.29, 0.717) is 25.5 Å². The highest BCUT2D eigenvalue weighted by Gasteiger charge is 2.49. The van der Waals surface area contributed by atoms with Crippen molar-refractivity contribution in [3.63, 3.8) is 0 Å². The summed E-state index contributed by atoms with van der Waals surface area (Å²) in [5, 5.41) is 0. The van der Waals surface area contributed by atoms with Crippen molar-refractivity contribution < 1.29 is 25.8 Å². The third-order valence-electron chi connectivity index (χ3n) is 7.91. The zero-order valence-corrected chi connectivity index (χ0v) is 26.6. The quantitative estimate of drug-likeness (QED) is 0.188. The lowest BCUT2D eigenvalue weighted by atomic mass is 10.1. The van der Waals surface area contributed by atoms with E-state index in [0.717, 1.165) is 49.0 Å². The fourth-order valence-corrected chi connectivity index (χ4v) is 5.86. The molecule has 1 N–H and O–H groups in total. The van der Waals surface area contributed by atoms with Gasteiger partial charge in [0.15, 0.2) is 0 Å². The van der Waals surface area contributed by atoms with E-state index >= 15 is 0 Å². The average Bonchev–Trinajstić information content (AvgIpc) is 3.08. The number of benzene rings is 2. The van der Waals surface area contributed by atoms with Gasteiger partial charge >= 0.3 is 15.6 Å². The predicted molar refractivity (Wildman–Crippen MR) is 173 cm³/mol. The number of halogens is 3. The van der Waals surface area contributed by atoms with Crippen molar-refractivity contribution in [3.05, 3.63) is 106 Å². The molecular formula is C33H37F3N6O4S. The highest BCUT2D eigenvalue weighted by molar-refractivity contribution is 7.87. The van der Waals surface area contributed by atoms with Gasteiger partial charge in [0, 0.05) is 62.5 Å². The minimum Gasteiger partial charge on any atom is -0.355 e. The van der Waals surface area contributed by atoms with E-state index in [4.69, 9.17) is 0 Å². The first-order valence-corrected chi connectivity index (χ1v) is 17.0. The maximum Gasteiger partial charge on any atom is 0.534 e. The summed E-state index contributed by atoms with van der Waals surface area (Å²) < 4.78 is 65.7. The fourth-order valence-electron chi connectivity index (χ4n) is 5.41. The zero-order chi connectivity index (χ0) is 33.3. The highest BCUT2D eigenvalue weighted by atomic mass is 32.2. The number of piperidine rings is 2. The summed E-state index contributed by atoms with van der Waals surface area (Å²) in [6, 6.07) is 18.9. The molecule has 10 nitrogen and oxygen atoms in total. The van der Waals surface area contributed by atoms with Crippen LogP contribution >= 0.6 is 0 Å². The number of anilines is 2. The number of nitrogens with zero attached hydrogens (tertiary/aromatic N) is 5. The number of hydrogen-bond donors (Lipinski definition) is 1. The molecule has 0 spiro atoms. The molecule has 6 rings (SSSR count). The Hall–Kier alpha value is -4.46. The first-order valence-electron chi connectivity index (χ1n) is 15.6. The monoisotopic (exact) mass is 670 g/mol. The molecule has 4 aromatic rings. The van der Waals surface area contributed by atoms with Gasteiger partial charge in [0.1, 0.15) is 0 Å². The molecule has 0 saturated carbocycles. The molecule has 4 heterocycles. The molecule has 2 fully saturated rings. The largest absolute Gasteiger partial charge is 0.534 e. The van der Waals surface area contributed by atoms with Gasteiger partial charge in [-0.2, -0.15) is 26.6 Å². The van der Waals surface area contributed by atoms with Crippen molar-refractivity contribution in [1.29, 1.82) is 0 Å². The van der Waals surface area contributed by atoms with Gasteiger partial charge in [-0.15, -0.1) is 0 Å². The molecule has 2 aliphatic heterocycles. The molecule has 0 unspecified atom stereocenters. The second kappa shape index (κ2) is 15.4. The number of aromatic nitrogens is 4. The van der Waals surface area contributed by atoms with Crippen LogP contribution in [0.1, 0.15) is 60.8 Å². The molecule has 47 heavy (non-hydrogen) atoms. The Balaban J connectivity index is 0.000000193. The smallest absolute Gasteiger partial charge is 0.355 e. The summed E-state index contributed by atoms with van der Waals surface area (Å²) in [7, 11) is -5.82.